The Kier molecular flexibility index (Phi) is 4.61. The summed E-state index contributed by atoms with van der Waals surface area (Å²) in [5.41, 5.74) is 0.945. The molecule has 0 radical (unpaired) electrons. The van der Waals surface area contributed by atoms with Crippen molar-refractivity contribution in [2.45, 2.75) is 32.1 Å². The molecule has 0 saturated heterocycles. The van der Waals surface area contributed by atoms with Gasteiger partial charge in [0.25, 0.3) is 0 Å². The fourth-order valence-corrected chi connectivity index (χ4v) is 5.91. The number of para-hydroxylation sites is 1. The van der Waals surface area contributed by atoms with Gasteiger partial charge in [-0.3, -0.25) is 14.5 Å². The molecule has 36 heavy (non-hydrogen) atoms. The normalized spacial score (nSPS) is 22.4. The molecule has 0 saturated carbocycles. The van der Waals surface area contributed by atoms with E-state index < -0.39 is 17.1 Å². The largest absolute Gasteiger partial charge is 0.324 e. The van der Waals surface area contributed by atoms with Crippen LogP contribution in [-0.2, 0) is 15.0 Å². The zero-order valence-electron chi connectivity index (χ0n) is 19.9. The van der Waals surface area contributed by atoms with E-state index in [9.17, 15) is 19.2 Å². The molecule has 1 aliphatic carbocycles. The molecule has 3 aliphatic rings. The van der Waals surface area contributed by atoms with E-state index in [1.807, 2.05) is 49.1 Å². The first-order valence-electron chi connectivity index (χ1n) is 11.8. The summed E-state index contributed by atoms with van der Waals surface area (Å²) in [5, 5.41) is 13.6. The molecule has 1 unspecified atom stereocenters. The zero-order valence-corrected chi connectivity index (χ0v) is 19.9. The predicted molar refractivity (Wildman–Crippen MR) is 134 cm³/mol. The third-order valence-corrected chi connectivity index (χ3v) is 7.27. The van der Waals surface area contributed by atoms with Gasteiger partial charge in [0.05, 0.1) is 5.57 Å². The average molecular weight is 479 g/mol. The van der Waals surface area contributed by atoms with Gasteiger partial charge in [-0.15, -0.1) is 0 Å². The van der Waals surface area contributed by atoms with Crippen LogP contribution in [0.1, 0.15) is 32.3 Å². The number of hydrogen-bond acceptors (Lipinski definition) is 4. The van der Waals surface area contributed by atoms with Crippen molar-refractivity contribution in [3.8, 4) is 6.07 Å². The number of nitriles is 1. The van der Waals surface area contributed by atoms with Gasteiger partial charge in [0.1, 0.15) is 23.1 Å². The number of rotatable bonds is 2. The van der Waals surface area contributed by atoms with E-state index in [0.29, 0.717) is 40.5 Å². The molecule has 3 heterocycles. The van der Waals surface area contributed by atoms with Crippen molar-refractivity contribution in [2.24, 2.45) is 5.41 Å². The Labute approximate surface area is 208 Å². The van der Waals surface area contributed by atoms with Crippen molar-refractivity contribution in [1.82, 2.24) is 4.57 Å². The maximum absolute atomic E-state index is 14.0. The second-order valence-corrected chi connectivity index (χ2v) is 10.2. The zero-order chi connectivity index (χ0) is 25.2. The van der Waals surface area contributed by atoms with E-state index in [1.165, 1.54) is 12.1 Å². The van der Waals surface area contributed by atoms with Crippen LogP contribution < -0.4 is 10.2 Å². The van der Waals surface area contributed by atoms with Gasteiger partial charge in [-0.05, 0) is 54.3 Å². The quantitative estimate of drug-likeness (QED) is 0.537. The van der Waals surface area contributed by atoms with Crippen LogP contribution in [0.2, 0.25) is 0 Å². The Morgan fingerprint density at radius 1 is 0.972 bits per heavy atom. The molecule has 6 nitrogen and oxygen atoms in total. The summed E-state index contributed by atoms with van der Waals surface area (Å²) < 4.78 is 15.7. The minimum absolute atomic E-state index is 0.150. The van der Waals surface area contributed by atoms with Crippen molar-refractivity contribution in [3.05, 3.63) is 101 Å². The minimum Gasteiger partial charge on any atom is -0.324 e. The minimum atomic E-state index is -1.58. The van der Waals surface area contributed by atoms with Crippen LogP contribution in [0.15, 0.2) is 89.9 Å². The maximum Gasteiger partial charge on any atom is 0.245 e. The summed E-state index contributed by atoms with van der Waals surface area (Å²) in [7, 11) is 0. The molecule has 3 aromatic rings. The van der Waals surface area contributed by atoms with E-state index in [1.54, 1.807) is 35.2 Å². The van der Waals surface area contributed by atoms with Gasteiger partial charge in [0, 0.05) is 47.0 Å². The maximum atomic E-state index is 14.0. The number of anilines is 2. The molecule has 0 fully saturated rings. The lowest BCUT2D eigenvalue weighted by Crippen LogP contribution is -2.51. The van der Waals surface area contributed by atoms with Crippen LogP contribution in [0.5, 0.6) is 0 Å². The Morgan fingerprint density at radius 3 is 2.36 bits per heavy atom. The van der Waals surface area contributed by atoms with Crippen molar-refractivity contribution >= 4 is 28.9 Å². The van der Waals surface area contributed by atoms with Gasteiger partial charge in [0.15, 0.2) is 5.78 Å². The van der Waals surface area contributed by atoms with Crippen LogP contribution in [0.25, 0.3) is 5.82 Å². The molecule has 7 heteroatoms. The topological polar surface area (TPSA) is 78.1 Å². The Balaban J connectivity index is 1.79. The van der Waals surface area contributed by atoms with Gasteiger partial charge in [0.2, 0.25) is 5.91 Å². The van der Waals surface area contributed by atoms with Crippen molar-refractivity contribution in [2.75, 3.05) is 10.2 Å². The molecule has 178 valence electrons. The SMILES string of the molecule is CC1(C)CC(=O)C2=C(C1)N(c1ccc(F)cc1)C(n1cccc1)=C(C#N)C21C(=O)Nc2ccccc21. The Morgan fingerprint density at radius 2 is 1.67 bits per heavy atom. The number of carbonyl (C=O) groups is 2. The Hall–Kier alpha value is -4.44. The van der Waals surface area contributed by atoms with Crippen molar-refractivity contribution in [3.63, 3.8) is 0 Å². The van der Waals surface area contributed by atoms with Gasteiger partial charge >= 0.3 is 0 Å². The van der Waals surface area contributed by atoms with E-state index >= 15 is 0 Å². The number of fused-ring (bicyclic) bond motifs is 3. The molecule has 1 spiro atoms. The summed E-state index contributed by atoms with van der Waals surface area (Å²) >= 11 is 0. The first-order chi connectivity index (χ1) is 17.3. The summed E-state index contributed by atoms with van der Waals surface area (Å²) in [6.45, 7) is 4.04. The van der Waals surface area contributed by atoms with Crippen molar-refractivity contribution in [1.29, 1.82) is 5.26 Å². The third-order valence-electron chi connectivity index (χ3n) is 7.27. The number of halogens is 1. The number of amides is 1. The number of nitrogens with zero attached hydrogens (tertiary/aromatic N) is 3. The molecule has 6 rings (SSSR count). The van der Waals surface area contributed by atoms with Crippen LogP contribution in [0, 0.1) is 22.6 Å². The second kappa shape index (κ2) is 7.53. The van der Waals surface area contributed by atoms with Gasteiger partial charge in [-0.1, -0.05) is 32.0 Å². The fraction of sp³-hybridized carbons (Fsp3) is 0.207. The summed E-state index contributed by atoms with van der Waals surface area (Å²) in [6, 6.07) is 19.2. The number of ketones is 1. The van der Waals surface area contributed by atoms with Crippen LogP contribution in [0.3, 0.4) is 0 Å². The van der Waals surface area contributed by atoms with E-state index in [-0.39, 0.29) is 23.2 Å². The Bertz CT molecular complexity index is 1540. The van der Waals surface area contributed by atoms with Crippen LogP contribution in [-0.4, -0.2) is 16.3 Å². The fourth-order valence-electron chi connectivity index (χ4n) is 5.91. The lowest BCUT2D eigenvalue weighted by atomic mass is 9.60. The first-order valence-corrected chi connectivity index (χ1v) is 11.8. The second-order valence-electron chi connectivity index (χ2n) is 10.2. The third kappa shape index (κ3) is 2.88. The molecule has 1 N–H and O–H groups in total. The highest BCUT2D eigenvalue weighted by Crippen LogP contribution is 2.58. The highest BCUT2D eigenvalue weighted by molar-refractivity contribution is 6.21. The monoisotopic (exact) mass is 478 g/mol. The number of Topliss-reactive ketones (excluding diaryl/α,β-unsaturated/α-hetero) is 1. The predicted octanol–water partition coefficient (Wildman–Crippen LogP) is 5.37. The lowest BCUT2D eigenvalue weighted by molar-refractivity contribution is -0.123. The molecular weight excluding hydrogens is 455 g/mol. The number of hydrogen-bond donors (Lipinski definition) is 1. The molecule has 2 aromatic carbocycles. The average Bonchev–Trinajstić information content (AvgIpc) is 3.46. The molecule has 1 atom stereocenters. The standard InChI is InChI=1S/C29H23FN4O2/c1-28(2)15-23-25(24(35)16-28)29(20-7-3-4-8-22(20)32-27(29)36)21(17-31)26(33-13-5-6-14-33)34(23)19-11-9-18(30)10-12-19/h3-14H,15-16H2,1-2H3,(H,32,36). The molecular formula is C29H23FN4O2. The van der Waals surface area contributed by atoms with Crippen LogP contribution >= 0.6 is 0 Å². The number of nitrogens with one attached hydrogen (secondary N) is 1. The summed E-state index contributed by atoms with van der Waals surface area (Å²) in [6.07, 6.45) is 4.35. The van der Waals surface area contributed by atoms with E-state index in [4.69, 9.17) is 0 Å². The van der Waals surface area contributed by atoms with Gasteiger partial charge in [-0.25, -0.2) is 4.39 Å². The smallest absolute Gasteiger partial charge is 0.245 e. The van der Waals surface area contributed by atoms with Crippen LogP contribution in [0.4, 0.5) is 15.8 Å². The number of allylic oxidation sites excluding steroid dienone is 1. The van der Waals surface area contributed by atoms with Gasteiger partial charge < -0.3 is 9.88 Å². The number of benzene rings is 2. The van der Waals surface area contributed by atoms with Gasteiger partial charge in [-0.2, -0.15) is 5.26 Å². The van der Waals surface area contributed by atoms with E-state index in [2.05, 4.69) is 11.4 Å². The molecule has 1 aromatic heterocycles. The summed E-state index contributed by atoms with van der Waals surface area (Å²) in [5.74, 6) is -0.522. The highest BCUT2D eigenvalue weighted by atomic mass is 19.1. The number of aromatic nitrogens is 1. The molecule has 1 amide bonds. The first kappa shape index (κ1) is 22.1. The lowest BCUT2D eigenvalue weighted by Gasteiger charge is -2.47. The number of carbonyl (C=O) groups excluding carboxylic acids is 2. The molecule has 0 bridgehead atoms. The molecule has 2 aliphatic heterocycles. The van der Waals surface area contributed by atoms with E-state index in [0.717, 1.165) is 0 Å². The summed E-state index contributed by atoms with van der Waals surface area (Å²) in [4.78, 5) is 29.8. The van der Waals surface area contributed by atoms with Crippen molar-refractivity contribution < 1.29 is 14.0 Å². The highest BCUT2D eigenvalue weighted by Gasteiger charge is 2.61.